The highest BCUT2D eigenvalue weighted by Gasteiger charge is 2.02. The van der Waals surface area contributed by atoms with Crippen LogP contribution in [0.3, 0.4) is 0 Å². The molecule has 0 unspecified atom stereocenters. The third kappa shape index (κ3) is 4.23. The molecule has 0 saturated carbocycles. The van der Waals surface area contributed by atoms with Crippen LogP contribution in [0.1, 0.15) is 51.1 Å². The summed E-state index contributed by atoms with van der Waals surface area (Å²) in [5.74, 6) is 0.947. The first-order valence-corrected chi connectivity index (χ1v) is 6.26. The molecule has 2 heteroatoms. The maximum atomic E-state index is 5.94. The molecule has 0 fully saturated rings. The lowest BCUT2D eigenvalue weighted by atomic mass is 10.1. The molecule has 0 aliphatic rings. The molecule has 0 aromatic heterocycles. The van der Waals surface area contributed by atoms with E-state index in [4.69, 9.17) is 10.5 Å². The van der Waals surface area contributed by atoms with E-state index >= 15 is 0 Å². The van der Waals surface area contributed by atoms with E-state index in [0.717, 1.165) is 25.2 Å². The van der Waals surface area contributed by atoms with Crippen molar-refractivity contribution in [2.75, 3.05) is 6.61 Å². The number of rotatable bonds is 7. The fourth-order valence-corrected chi connectivity index (χ4v) is 1.59. The van der Waals surface area contributed by atoms with Gasteiger partial charge in [0.1, 0.15) is 5.75 Å². The topological polar surface area (TPSA) is 35.2 Å². The van der Waals surface area contributed by atoms with Crippen LogP contribution >= 0.6 is 0 Å². The van der Waals surface area contributed by atoms with E-state index in [0.29, 0.717) is 0 Å². The standard InChI is InChI=1S/C14H23NO/c1-3-5-6-11-16-13-9-7-12(8-10-13)14(15)4-2/h7-10,14H,3-6,11,15H2,1-2H3/t14-/m1/s1. The third-order valence-electron chi connectivity index (χ3n) is 2.76. The molecule has 0 bridgehead atoms. The molecule has 1 aromatic carbocycles. The Balaban J connectivity index is 2.39. The van der Waals surface area contributed by atoms with Crippen molar-refractivity contribution in [1.29, 1.82) is 0 Å². The molecule has 0 saturated heterocycles. The van der Waals surface area contributed by atoms with E-state index in [1.54, 1.807) is 0 Å². The number of nitrogens with two attached hydrogens (primary N) is 1. The van der Waals surface area contributed by atoms with E-state index in [9.17, 15) is 0 Å². The fraction of sp³-hybridized carbons (Fsp3) is 0.571. The van der Waals surface area contributed by atoms with Crippen molar-refractivity contribution >= 4 is 0 Å². The van der Waals surface area contributed by atoms with Crippen molar-refractivity contribution < 1.29 is 4.74 Å². The Morgan fingerprint density at radius 3 is 2.38 bits per heavy atom. The Morgan fingerprint density at radius 1 is 1.12 bits per heavy atom. The van der Waals surface area contributed by atoms with Crippen molar-refractivity contribution in [2.24, 2.45) is 5.73 Å². The van der Waals surface area contributed by atoms with Gasteiger partial charge in [0.25, 0.3) is 0 Å². The highest BCUT2D eigenvalue weighted by molar-refractivity contribution is 5.28. The molecule has 0 amide bonds. The van der Waals surface area contributed by atoms with Crippen molar-refractivity contribution in [3.63, 3.8) is 0 Å². The Bertz CT molecular complexity index is 281. The van der Waals surface area contributed by atoms with Gasteiger partial charge in [0, 0.05) is 6.04 Å². The Kier molecular flexibility index (Phi) is 5.94. The molecular weight excluding hydrogens is 198 g/mol. The first-order chi connectivity index (χ1) is 7.77. The van der Waals surface area contributed by atoms with E-state index in [-0.39, 0.29) is 6.04 Å². The maximum absolute atomic E-state index is 5.94. The number of unbranched alkanes of at least 4 members (excludes halogenated alkanes) is 2. The predicted molar refractivity (Wildman–Crippen MR) is 68.7 cm³/mol. The van der Waals surface area contributed by atoms with Crippen molar-refractivity contribution in [2.45, 2.75) is 45.6 Å². The van der Waals surface area contributed by atoms with Gasteiger partial charge in [0.2, 0.25) is 0 Å². The molecule has 1 atom stereocenters. The van der Waals surface area contributed by atoms with Gasteiger partial charge in [0.15, 0.2) is 0 Å². The van der Waals surface area contributed by atoms with Gasteiger partial charge in [-0.15, -0.1) is 0 Å². The molecule has 1 aromatic rings. The van der Waals surface area contributed by atoms with Gasteiger partial charge in [-0.1, -0.05) is 38.8 Å². The molecule has 0 radical (unpaired) electrons. The van der Waals surface area contributed by atoms with Gasteiger partial charge in [-0.2, -0.15) is 0 Å². The minimum absolute atomic E-state index is 0.147. The van der Waals surface area contributed by atoms with Gasteiger partial charge in [-0.3, -0.25) is 0 Å². The van der Waals surface area contributed by atoms with Crippen LogP contribution in [0.5, 0.6) is 5.75 Å². The van der Waals surface area contributed by atoms with Crippen molar-refractivity contribution in [3.05, 3.63) is 29.8 Å². The molecule has 0 aliphatic carbocycles. The van der Waals surface area contributed by atoms with Crippen LogP contribution in [0.15, 0.2) is 24.3 Å². The normalized spacial score (nSPS) is 12.4. The molecule has 0 spiro atoms. The highest BCUT2D eigenvalue weighted by Crippen LogP contribution is 2.18. The van der Waals surface area contributed by atoms with Crippen LogP contribution in [0.25, 0.3) is 0 Å². The summed E-state index contributed by atoms with van der Waals surface area (Å²) in [6.07, 6.45) is 4.57. The van der Waals surface area contributed by atoms with Gasteiger partial charge < -0.3 is 10.5 Å². The zero-order chi connectivity index (χ0) is 11.8. The second kappa shape index (κ2) is 7.29. The molecule has 90 valence electrons. The van der Waals surface area contributed by atoms with Crippen molar-refractivity contribution in [3.8, 4) is 5.75 Å². The molecule has 0 aliphatic heterocycles. The van der Waals surface area contributed by atoms with Crippen LogP contribution in [0, 0.1) is 0 Å². The lowest BCUT2D eigenvalue weighted by Crippen LogP contribution is -2.08. The first-order valence-electron chi connectivity index (χ1n) is 6.26. The number of ether oxygens (including phenoxy) is 1. The van der Waals surface area contributed by atoms with E-state index in [1.807, 2.05) is 12.1 Å². The summed E-state index contributed by atoms with van der Waals surface area (Å²) in [6.45, 7) is 5.10. The molecule has 1 rings (SSSR count). The highest BCUT2D eigenvalue weighted by atomic mass is 16.5. The summed E-state index contributed by atoms with van der Waals surface area (Å²) in [4.78, 5) is 0. The van der Waals surface area contributed by atoms with Crippen LogP contribution in [0.4, 0.5) is 0 Å². The Labute approximate surface area is 98.8 Å². The van der Waals surface area contributed by atoms with Crippen LogP contribution in [-0.4, -0.2) is 6.61 Å². The van der Waals surface area contributed by atoms with Crippen LogP contribution in [-0.2, 0) is 0 Å². The number of hydrogen-bond donors (Lipinski definition) is 1. The smallest absolute Gasteiger partial charge is 0.119 e. The van der Waals surface area contributed by atoms with E-state index < -0.39 is 0 Å². The van der Waals surface area contributed by atoms with Crippen molar-refractivity contribution in [1.82, 2.24) is 0 Å². The summed E-state index contributed by atoms with van der Waals surface area (Å²) in [5, 5.41) is 0. The molecule has 16 heavy (non-hydrogen) atoms. The largest absolute Gasteiger partial charge is 0.494 e. The summed E-state index contributed by atoms with van der Waals surface area (Å²) in [7, 11) is 0. The molecule has 2 nitrogen and oxygen atoms in total. The lowest BCUT2D eigenvalue weighted by molar-refractivity contribution is 0.306. The first kappa shape index (κ1) is 13.0. The third-order valence-corrected chi connectivity index (χ3v) is 2.76. The SMILES string of the molecule is CCCCCOc1ccc([C@H](N)CC)cc1. The lowest BCUT2D eigenvalue weighted by Gasteiger charge is -2.10. The van der Waals surface area contributed by atoms with Gasteiger partial charge >= 0.3 is 0 Å². The van der Waals surface area contributed by atoms with E-state index in [1.165, 1.54) is 18.4 Å². The Hall–Kier alpha value is -1.02. The number of hydrogen-bond acceptors (Lipinski definition) is 2. The second-order valence-corrected chi connectivity index (χ2v) is 4.14. The van der Waals surface area contributed by atoms with E-state index in [2.05, 4.69) is 26.0 Å². The Morgan fingerprint density at radius 2 is 1.81 bits per heavy atom. The number of benzene rings is 1. The quantitative estimate of drug-likeness (QED) is 0.713. The minimum Gasteiger partial charge on any atom is -0.494 e. The zero-order valence-corrected chi connectivity index (χ0v) is 10.4. The average molecular weight is 221 g/mol. The summed E-state index contributed by atoms with van der Waals surface area (Å²) < 4.78 is 5.64. The predicted octanol–water partition coefficient (Wildman–Crippen LogP) is 3.67. The monoisotopic (exact) mass is 221 g/mol. The second-order valence-electron chi connectivity index (χ2n) is 4.14. The van der Waals surface area contributed by atoms with Crippen LogP contribution < -0.4 is 10.5 Å². The summed E-state index contributed by atoms with van der Waals surface area (Å²) in [5.41, 5.74) is 7.13. The van der Waals surface area contributed by atoms with Gasteiger partial charge in [-0.05, 0) is 30.5 Å². The van der Waals surface area contributed by atoms with Gasteiger partial charge in [0.05, 0.1) is 6.61 Å². The molecule has 0 heterocycles. The minimum atomic E-state index is 0.147. The molecular formula is C14H23NO. The summed E-state index contributed by atoms with van der Waals surface area (Å²) in [6, 6.07) is 8.29. The van der Waals surface area contributed by atoms with Crippen LogP contribution in [0.2, 0.25) is 0 Å². The van der Waals surface area contributed by atoms with Gasteiger partial charge in [-0.25, -0.2) is 0 Å². The average Bonchev–Trinajstić information content (AvgIpc) is 2.34. The fourth-order valence-electron chi connectivity index (χ4n) is 1.59. The zero-order valence-electron chi connectivity index (χ0n) is 10.4. The molecule has 2 N–H and O–H groups in total. The maximum Gasteiger partial charge on any atom is 0.119 e. The summed E-state index contributed by atoms with van der Waals surface area (Å²) >= 11 is 0.